The van der Waals surface area contributed by atoms with Crippen molar-refractivity contribution in [2.75, 3.05) is 47.0 Å². The number of rotatable bonds is 5. The minimum absolute atomic E-state index is 0.0296. The topological polar surface area (TPSA) is 147 Å². The number of nitrogens with zero attached hydrogens (tertiary/aromatic N) is 7. The van der Waals surface area contributed by atoms with Crippen molar-refractivity contribution in [2.24, 2.45) is 0 Å². The van der Waals surface area contributed by atoms with E-state index in [2.05, 4.69) is 30.5 Å². The number of pyridine rings is 1. The highest BCUT2D eigenvalue weighted by molar-refractivity contribution is 6.15. The van der Waals surface area contributed by atoms with Crippen LogP contribution in [0, 0.1) is 0 Å². The number of nitrogens with one attached hydrogen (secondary N) is 2. The van der Waals surface area contributed by atoms with Crippen LogP contribution in [0.1, 0.15) is 18.4 Å². The largest absolute Gasteiger partial charge is 0.396 e. The fraction of sp³-hybridized carbons (Fsp3) is 0.231. The predicted octanol–water partition coefficient (Wildman–Crippen LogP) is 1.99. The molecule has 2 aliphatic rings. The molecule has 6 rings (SSSR count). The number of carbonyl (C=O) groups excluding carboxylic acids is 2. The number of nitrogen functional groups attached to an aromatic ring is 1. The lowest BCUT2D eigenvalue weighted by Crippen LogP contribution is -2.32. The van der Waals surface area contributed by atoms with Gasteiger partial charge < -0.3 is 20.9 Å². The van der Waals surface area contributed by atoms with E-state index in [1.807, 2.05) is 42.5 Å². The summed E-state index contributed by atoms with van der Waals surface area (Å²) in [5.41, 5.74) is 9.21. The fourth-order valence-corrected chi connectivity index (χ4v) is 4.67. The highest BCUT2D eigenvalue weighted by Crippen LogP contribution is 2.26. The molecule has 4 N–H and O–H groups in total. The molecule has 0 radical (unpaired) electrons. The molecule has 192 valence electrons. The van der Waals surface area contributed by atoms with Gasteiger partial charge in [0.25, 0.3) is 5.91 Å². The van der Waals surface area contributed by atoms with Crippen LogP contribution in [0.3, 0.4) is 0 Å². The molecule has 2 amide bonds. The number of amides is 2. The zero-order valence-electron chi connectivity index (χ0n) is 20.5. The van der Waals surface area contributed by atoms with Crippen LogP contribution in [0.25, 0.3) is 11.7 Å². The molecular formula is C26H26N10O2. The first kappa shape index (κ1) is 23.4. The zero-order chi connectivity index (χ0) is 26.1. The standard InChI is InChI=1S/C26H26N10O2/c27-20-8-4-9-28-23(20)34-10-5-11-35(13-12-34)25-32-22-18(14-17-15-21(37)31-24(17)38)16-29-36(22)26(33-25)30-19-6-2-1-3-7-19/h1-4,6-9,14,16H,5,10-13,15,27H2,(H,30,32,33)(H,31,37,38)/b17-14+. The Hall–Kier alpha value is -5.00. The number of anilines is 5. The van der Waals surface area contributed by atoms with E-state index >= 15 is 0 Å². The lowest BCUT2D eigenvalue weighted by molar-refractivity contribution is -0.124. The van der Waals surface area contributed by atoms with Crippen molar-refractivity contribution in [3.05, 3.63) is 66.0 Å². The minimum Gasteiger partial charge on any atom is -0.396 e. The summed E-state index contributed by atoms with van der Waals surface area (Å²) in [6, 6.07) is 13.4. The first-order valence-corrected chi connectivity index (χ1v) is 12.4. The van der Waals surface area contributed by atoms with Crippen molar-refractivity contribution in [2.45, 2.75) is 12.8 Å². The van der Waals surface area contributed by atoms with Crippen molar-refractivity contribution < 1.29 is 9.59 Å². The maximum Gasteiger partial charge on any atom is 0.254 e. The molecule has 0 saturated carbocycles. The molecule has 0 aliphatic carbocycles. The molecule has 4 aromatic rings. The Balaban J connectivity index is 1.37. The van der Waals surface area contributed by atoms with Crippen molar-refractivity contribution in [3.8, 4) is 0 Å². The molecule has 38 heavy (non-hydrogen) atoms. The number of aromatic nitrogens is 5. The molecule has 0 atom stereocenters. The second-order valence-electron chi connectivity index (χ2n) is 9.14. The first-order valence-electron chi connectivity index (χ1n) is 12.4. The number of imide groups is 1. The number of benzene rings is 1. The lowest BCUT2D eigenvalue weighted by atomic mass is 10.1. The molecule has 12 heteroatoms. The Labute approximate surface area is 218 Å². The maximum atomic E-state index is 12.2. The van der Waals surface area contributed by atoms with Gasteiger partial charge in [-0.25, -0.2) is 4.98 Å². The molecule has 0 unspecified atom stereocenters. The third-order valence-corrected chi connectivity index (χ3v) is 6.53. The van der Waals surface area contributed by atoms with Gasteiger partial charge in [0.05, 0.1) is 18.3 Å². The summed E-state index contributed by atoms with van der Waals surface area (Å²) in [5.74, 6) is 1.10. The van der Waals surface area contributed by atoms with Crippen LogP contribution in [0.15, 0.2) is 60.4 Å². The summed E-state index contributed by atoms with van der Waals surface area (Å²) >= 11 is 0. The number of hydrogen-bond acceptors (Lipinski definition) is 10. The molecule has 1 aromatic carbocycles. The van der Waals surface area contributed by atoms with Crippen LogP contribution < -0.4 is 26.2 Å². The second kappa shape index (κ2) is 9.81. The maximum absolute atomic E-state index is 12.2. The normalized spacial score (nSPS) is 17.2. The van der Waals surface area contributed by atoms with Gasteiger partial charge in [-0.3, -0.25) is 14.9 Å². The summed E-state index contributed by atoms with van der Waals surface area (Å²) in [4.78, 5) is 42.4. The molecular weight excluding hydrogens is 484 g/mol. The molecule has 2 aliphatic heterocycles. The third-order valence-electron chi connectivity index (χ3n) is 6.53. The Bertz CT molecular complexity index is 1550. The number of hydrogen-bond donors (Lipinski definition) is 3. The van der Waals surface area contributed by atoms with E-state index in [1.54, 1.807) is 23.0 Å². The predicted molar refractivity (Wildman–Crippen MR) is 144 cm³/mol. The number of nitrogens with two attached hydrogens (primary N) is 1. The van der Waals surface area contributed by atoms with Crippen molar-refractivity contribution >= 4 is 52.6 Å². The third kappa shape index (κ3) is 4.59. The van der Waals surface area contributed by atoms with Crippen LogP contribution in [0.2, 0.25) is 0 Å². The van der Waals surface area contributed by atoms with Gasteiger partial charge in [0, 0.05) is 49.2 Å². The first-order chi connectivity index (χ1) is 18.5. The Morgan fingerprint density at radius 3 is 2.58 bits per heavy atom. The highest BCUT2D eigenvalue weighted by Gasteiger charge is 2.25. The van der Waals surface area contributed by atoms with Gasteiger partial charge in [0.2, 0.25) is 17.8 Å². The van der Waals surface area contributed by atoms with Gasteiger partial charge in [-0.1, -0.05) is 18.2 Å². The quantitative estimate of drug-likeness (QED) is 0.269. The fourth-order valence-electron chi connectivity index (χ4n) is 4.67. The van der Waals surface area contributed by atoms with E-state index in [1.165, 1.54) is 0 Å². The Morgan fingerprint density at radius 2 is 1.79 bits per heavy atom. The SMILES string of the molecule is Nc1cccnc1N1CCCN(c2nc(Nc3ccccc3)n3ncc(/C=C4\CC(=O)NC4=O)c3n2)CC1. The minimum atomic E-state index is -0.396. The second-order valence-corrected chi connectivity index (χ2v) is 9.14. The molecule has 2 fully saturated rings. The van der Waals surface area contributed by atoms with Gasteiger partial charge in [-0.15, -0.1) is 0 Å². The molecule has 0 bridgehead atoms. The Kier molecular flexibility index (Phi) is 6.04. The molecule has 0 spiro atoms. The molecule has 2 saturated heterocycles. The summed E-state index contributed by atoms with van der Waals surface area (Å²) in [5, 5.41) is 10.1. The molecule has 12 nitrogen and oxygen atoms in total. The number of carbonyl (C=O) groups is 2. The lowest BCUT2D eigenvalue weighted by Gasteiger charge is -2.24. The van der Waals surface area contributed by atoms with Gasteiger partial charge in [-0.05, 0) is 36.8 Å². The summed E-state index contributed by atoms with van der Waals surface area (Å²) in [6.45, 7) is 2.92. The summed E-state index contributed by atoms with van der Waals surface area (Å²) < 4.78 is 1.61. The number of para-hydroxylation sites is 1. The average Bonchev–Trinajstić information content (AvgIpc) is 3.36. The van der Waals surface area contributed by atoms with Crippen LogP contribution in [0.5, 0.6) is 0 Å². The van der Waals surface area contributed by atoms with Crippen LogP contribution in [-0.4, -0.2) is 62.6 Å². The van der Waals surface area contributed by atoms with E-state index in [0.29, 0.717) is 47.5 Å². The summed E-state index contributed by atoms with van der Waals surface area (Å²) in [7, 11) is 0. The van der Waals surface area contributed by atoms with E-state index in [0.717, 1.165) is 31.0 Å². The van der Waals surface area contributed by atoms with E-state index in [-0.39, 0.29) is 12.3 Å². The average molecular weight is 511 g/mol. The van der Waals surface area contributed by atoms with Crippen molar-refractivity contribution in [1.29, 1.82) is 0 Å². The van der Waals surface area contributed by atoms with Crippen LogP contribution in [0.4, 0.5) is 29.1 Å². The van der Waals surface area contributed by atoms with Crippen molar-refractivity contribution in [1.82, 2.24) is 29.9 Å². The zero-order valence-corrected chi connectivity index (χ0v) is 20.5. The van der Waals surface area contributed by atoms with Gasteiger partial charge >= 0.3 is 0 Å². The monoisotopic (exact) mass is 510 g/mol. The number of fused-ring (bicyclic) bond motifs is 1. The van der Waals surface area contributed by atoms with Crippen molar-refractivity contribution in [3.63, 3.8) is 0 Å². The van der Waals surface area contributed by atoms with E-state index in [9.17, 15) is 9.59 Å². The highest BCUT2D eigenvalue weighted by atomic mass is 16.2. The molecule has 3 aromatic heterocycles. The van der Waals surface area contributed by atoms with E-state index < -0.39 is 5.91 Å². The van der Waals surface area contributed by atoms with Gasteiger partial charge in [-0.2, -0.15) is 19.6 Å². The summed E-state index contributed by atoms with van der Waals surface area (Å²) in [6.07, 6.45) is 5.94. The Morgan fingerprint density at radius 1 is 0.974 bits per heavy atom. The molecule has 5 heterocycles. The van der Waals surface area contributed by atoms with Crippen LogP contribution in [-0.2, 0) is 9.59 Å². The van der Waals surface area contributed by atoms with Crippen LogP contribution >= 0.6 is 0 Å². The van der Waals surface area contributed by atoms with Gasteiger partial charge in [0.1, 0.15) is 0 Å². The van der Waals surface area contributed by atoms with Gasteiger partial charge in [0.15, 0.2) is 11.5 Å². The smallest absolute Gasteiger partial charge is 0.254 e. The van der Waals surface area contributed by atoms with E-state index in [4.69, 9.17) is 15.7 Å².